The van der Waals surface area contributed by atoms with Gasteiger partial charge in [-0.05, 0) is 4.99 Å². The van der Waals surface area contributed by atoms with Crippen LogP contribution in [0.3, 0.4) is 0 Å². The van der Waals surface area contributed by atoms with Crippen LogP contribution in [0, 0.1) is 0 Å². The van der Waals surface area contributed by atoms with Crippen molar-refractivity contribution in [3.63, 3.8) is 0 Å². The monoisotopic (exact) mass is 151 g/mol. The van der Waals surface area contributed by atoms with Gasteiger partial charge in [-0.1, -0.05) is 0 Å². The summed E-state index contributed by atoms with van der Waals surface area (Å²) in [6.45, 7) is 0. The van der Waals surface area contributed by atoms with Crippen LogP contribution in [0.1, 0.15) is 0 Å². The number of amides is 1. The number of aliphatic imine (C=N–C) groups is 2. The van der Waals surface area contributed by atoms with Crippen LogP contribution in [-0.4, -0.2) is 35.6 Å². The maximum atomic E-state index is 10.9. The van der Waals surface area contributed by atoms with Crippen LogP contribution in [0.25, 0.3) is 5.53 Å². The number of carbonyl (C=O) groups excluding carboxylic acids is 1. The summed E-state index contributed by atoms with van der Waals surface area (Å²) in [4.78, 5) is 20.7. The van der Waals surface area contributed by atoms with E-state index in [1.807, 2.05) is 0 Å². The maximum absolute atomic E-state index is 10.9. The second-order valence-electron chi connectivity index (χ2n) is 1.73. The Kier molecular flexibility index (Phi) is 1.89. The minimum atomic E-state index is -0.421. The number of hydrogen-bond acceptors (Lipinski definition) is 2. The minimum absolute atomic E-state index is 0.0231. The van der Waals surface area contributed by atoms with Gasteiger partial charge < -0.3 is 15.6 Å². The number of amidine groups is 1. The largest absolute Gasteiger partial charge is 0.497 e. The molecule has 1 N–H and O–H groups in total. The Labute approximate surface area is 62.3 Å². The topological polar surface area (TPSA) is 90.2 Å². The molecule has 1 heterocycles. The lowest BCUT2D eigenvalue weighted by atomic mass is 10.3. The Bertz CT molecular complexity index is 296. The van der Waals surface area contributed by atoms with Gasteiger partial charge in [0.1, 0.15) is 0 Å². The van der Waals surface area contributed by atoms with Crippen LogP contribution in [0.2, 0.25) is 0 Å². The minimum Gasteiger partial charge on any atom is -0.497 e. The molecule has 0 saturated carbocycles. The first-order valence-corrected chi connectivity index (χ1v) is 2.84. The van der Waals surface area contributed by atoms with Gasteiger partial charge in [-0.15, -0.1) is 0 Å². The van der Waals surface area contributed by atoms with Crippen molar-refractivity contribution < 1.29 is 9.58 Å². The maximum Gasteiger partial charge on any atom is 0.434 e. The highest BCUT2D eigenvalue weighted by atomic mass is 16.1. The van der Waals surface area contributed by atoms with E-state index in [1.165, 1.54) is 7.05 Å². The van der Waals surface area contributed by atoms with Gasteiger partial charge in [-0.3, -0.25) is 4.79 Å². The number of nitrogens with one attached hydrogen (secondary N) is 1. The van der Waals surface area contributed by atoms with E-state index in [2.05, 4.69) is 20.1 Å². The molecule has 0 saturated heterocycles. The summed E-state index contributed by atoms with van der Waals surface area (Å²) >= 11 is 0. The van der Waals surface area contributed by atoms with Crippen molar-refractivity contribution in [2.75, 3.05) is 7.05 Å². The van der Waals surface area contributed by atoms with Gasteiger partial charge in [0, 0.05) is 7.05 Å². The SMILES string of the molecule is CNC(=O)C1=NC=NC1=[N+]=[N-]. The molecule has 1 rings (SSSR count). The lowest BCUT2D eigenvalue weighted by Gasteiger charge is -1.90. The highest BCUT2D eigenvalue weighted by molar-refractivity contribution is 6.67. The molecule has 0 fully saturated rings. The van der Waals surface area contributed by atoms with Crippen molar-refractivity contribution in [3.05, 3.63) is 5.53 Å². The van der Waals surface area contributed by atoms with Crippen LogP contribution >= 0.6 is 0 Å². The van der Waals surface area contributed by atoms with Crippen molar-refractivity contribution in [1.82, 2.24) is 5.32 Å². The quantitative estimate of drug-likeness (QED) is 0.372. The fourth-order valence-corrected chi connectivity index (χ4v) is 0.612. The first-order chi connectivity index (χ1) is 5.29. The molecule has 0 aromatic carbocycles. The Hall–Kier alpha value is -1.81. The van der Waals surface area contributed by atoms with Crippen LogP contribution in [0.5, 0.6) is 0 Å². The first-order valence-electron chi connectivity index (χ1n) is 2.84. The van der Waals surface area contributed by atoms with E-state index < -0.39 is 5.91 Å². The van der Waals surface area contributed by atoms with E-state index >= 15 is 0 Å². The smallest absolute Gasteiger partial charge is 0.434 e. The van der Waals surface area contributed by atoms with Crippen molar-refractivity contribution in [1.29, 1.82) is 0 Å². The van der Waals surface area contributed by atoms with Crippen molar-refractivity contribution in [2.24, 2.45) is 9.98 Å². The van der Waals surface area contributed by atoms with Crippen LogP contribution in [-0.2, 0) is 4.79 Å². The summed E-state index contributed by atoms with van der Waals surface area (Å²) in [5.41, 5.74) is 8.32. The Balaban J connectivity index is 2.93. The van der Waals surface area contributed by atoms with E-state index in [-0.39, 0.29) is 11.5 Å². The van der Waals surface area contributed by atoms with Crippen LogP contribution in [0.4, 0.5) is 0 Å². The van der Waals surface area contributed by atoms with Crippen molar-refractivity contribution >= 4 is 23.8 Å². The molecule has 11 heavy (non-hydrogen) atoms. The summed E-state index contributed by atoms with van der Waals surface area (Å²) in [7, 11) is 1.46. The molecule has 0 aromatic heterocycles. The molecule has 0 spiro atoms. The number of hydrogen-bond donors (Lipinski definition) is 1. The van der Waals surface area contributed by atoms with E-state index in [4.69, 9.17) is 5.53 Å². The fraction of sp³-hybridized carbons (Fsp3) is 0.200. The molecule has 6 heteroatoms. The molecular formula is C5H5N5O. The fourth-order valence-electron chi connectivity index (χ4n) is 0.612. The normalized spacial score (nSPS) is 14.3. The van der Waals surface area contributed by atoms with Gasteiger partial charge in [0.2, 0.25) is 12.1 Å². The lowest BCUT2D eigenvalue weighted by molar-refractivity contribution is -0.114. The standard InChI is InChI=1S/C5H5N5O/c1-7-5(11)3-4(10-6)9-2-8-3/h2H,1H3,(H,7,11). The molecule has 1 aliphatic heterocycles. The second kappa shape index (κ2) is 2.85. The third-order valence-corrected chi connectivity index (χ3v) is 1.12. The summed E-state index contributed by atoms with van der Waals surface area (Å²) in [6.07, 6.45) is 1.15. The highest BCUT2D eigenvalue weighted by Gasteiger charge is 2.27. The van der Waals surface area contributed by atoms with Gasteiger partial charge in [0.05, 0.1) is 0 Å². The Morgan fingerprint density at radius 3 is 3.09 bits per heavy atom. The zero-order valence-corrected chi connectivity index (χ0v) is 5.77. The van der Waals surface area contributed by atoms with E-state index in [0.717, 1.165) is 6.34 Å². The van der Waals surface area contributed by atoms with Gasteiger partial charge in [-0.25, -0.2) is 0 Å². The predicted octanol–water partition coefficient (Wildman–Crippen LogP) is -1.16. The molecule has 0 radical (unpaired) electrons. The molecule has 1 aliphatic rings. The van der Waals surface area contributed by atoms with Crippen LogP contribution in [0.15, 0.2) is 9.98 Å². The van der Waals surface area contributed by atoms with Gasteiger partial charge >= 0.3 is 5.84 Å². The second-order valence-corrected chi connectivity index (χ2v) is 1.73. The predicted molar refractivity (Wildman–Crippen MR) is 38.6 cm³/mol. The Morgan fingerprint density at radius 2 is 2.55 bits per heavy atom. The molecule has 0 aliphatic carbocycles. The molecule has 56 valence electrons. The molecular weight excluding hydrogens is 146 g/mol. The lowest BCUT2D eigenvalue weighted by Crippen LogP contribution is -2.31. The zero-order chi connectivity index (χ0) is 8.27. The summed E-state index contributed by atoms with van der Waals surface area (Å²) in [5.74, 6) is -0.486. The third kappa shape index (κ3) is 1.20. The summed E-state index contributed by atoms with van der Waals surface area (Å²) in [6, 6.07) is 0. The number of nitrogens with zero attached hydrogens (tertiary/aromatic N) is 4. The van der Waals surface area contributed by atoms with E-state index in [1.54, 1.807) is 0 Å². The molecule has 0 unspecified atom stereocenters. The average molecular weight is 151 g/mol. The van der Waals surface area contributed by atoms with Crippen LogP contribution < -0.4 is 5.32 Å². The molecule has 0 bridgehead atoms. The van der Waals surface area contributed by atoms with E-state index in [9.17, 15) is 4.79 Å². The number of rotatable bonds is 1. The molecule has 0 atom stereocenters. The average Bonchev–Trinajstić information content (AvgIpc) is 2.50. The zero-order valence-electron chi connectivity index (χ0n) is 5.77. The third-order valence-electron chi connectivity index (χ3n) is 1.12. The summed E-state index contributed by atoms with van der Waals surface area (Å²) < 4.78 is 0. The molecule has 1 amide bonds. The molecule has 6 nitrogen and oxygen atoms in total. The first kappa shape index (κ1) is 7.30. The van der Waals surface area contributed by atoms with Crippen molar-refractivity contribution in [3.8, 4) is 0 Å². The number of carbonyl (C=O) groups is 1. The Morgan fingerprint density at radius 1 is 1.82 bits per heavy atom. The van der Waals surface area contributed by atoms with Gasteiger partial charge in [0.25, 0.3) is 5.91 Å². The van der Waals surface area contributed by atoms with Gasteiger partial charge in [0.15, 0.2) is 0 Å². The van der Waals surface area contributed by atoms with Gasteiger partial charge in [-0.2, -0.15) is 4.99 Å². The summed E-state index contributed by atoms with van der Waals surface area (Å²) in [5, 5.41) is 2.33. The van der Waals surface area contributed by atoms with E-state index in [0.29, 0.717) is 0 Å². The molecule has 0 aromatic rings. The van der Waals surface area contributed by atoms with Crippen molar-refractivity contribution in [2.45, 2.75) is 0 Å². The highest BCUT2D eigenvalue weighted by Crippen LogP contribution is 1.90.